The topological polar surface area (TPSA) is 4.93 Å². The zero-order valence-corrected chi connectivity index (χ0v) is 20.3. The van der Waals surface area contributed by atoms with Crippen molar-refractivity contribution in [2.24, 2.45) is 0 Å². The maximum absolute atomic E-state index is 2.39. The molecule has 0 radical (unpaired) electrons. The molecule has 0 atom stereocenters. The van der Waals surface area contributed by atoms with Gasteiger partial charge in [0.15, 0.2) is 0 Å². The van der Waals surface area contributed by atoms with Gasteiger partial charge in [0.25, 0.3) is 0 Å². The van der Waals surface area contributed by atoms with Crippen LogP contribution < -0.4 is 0 Å². The molecule has 0 fully saturated rings. The summed E-state index contributed by atoms with van der Waals surface area (Å²) >= 11 is 1.88. The summed E-state index contributed by atoms with van der Waals surface area (Å²) in [4.78, 5) is 2.67. The van der Waals surface area contributed by atoms with Crippen LogP contribution in [0.3, 0.4) is 0 Å². The van der Waals surface area contributed by atoms with Crippen molar-refractivity contribution in [3.63, 3.8) is 0 Å². The molecule has 168 valence electrons. The first-order valence-electron chi connectivity index (χ1n) is 12.3. The van der Waals surface area contributed by atoms with E-state index in [4.69, 9.17) is 0 Å². The van der Waals surface area contributed by atoms with E-state index >= 15 is 0 Å². The van der Waals surface area contributed by atoms with Crippen LogP contribution in [-0.4, -0.2) is 4.57 Å². The normalized spacial score (nSPS) is 12.3. The maximum Gasteiger partial charge on any atom is 0.0541 e. The predicted octanol–water partition coefficient (Wildman–Crippen LogP) is 9.74. The molecule has 2 heteroatoms. The Morgan fingerprint density at radius 2 is 1.17 bits per heavy atom. The van der Waals surface area contributed by atoms with Crippen LogP contribution in [0.25, 0.3) is 60.5 Å². The lowest BCUT2D eigenvalue weighted by Crippen LogP contribution is -1.95. The molecule has 6 aromatic carbocycles. The third kappa shape index (κ3) is 2.85. The Morgan fingerprint density at radius 3 is 1.97 bits per heavy atom. The zero-order chi connectivity index (χ0) is 23.6. The van der Waals surface area contributed by atoms with Gasteiger partial charge in [-0.05, 0) is 70.1 Å². The fourth-order valence-electron chi connectivity index (χ4n) is 5.77. The molecule has 2 heterocycles. The monoisotopic (exact) mass is 475 g/mol. The van der Waals surface area contributed by atoms with Crippen LogP contribution in [0.5, 0.6) is 0 Å². The van der Waals surface area contributed by atoms with Crippen LogP contribution in [0, 0.1) is 0 Å². The van der Waals surface area contributed by atoms with Crippen LogP contribution in [-0.2, 0) is 0 Å². The SMILES string of the molecule is c1cc(-c2ccc3c(c2)-c2cccc4cccc(c24)S3)cc(-n2c3ccccc3c3ccccc32)c1. The Kier molecular flexibility index (Phi) is 4.22. The summed E-state index contributed by atoms with van der Waals surface area (Å²) in [6.45, 7) is 0. The summed E-state index contributed by atoms with van der Waals surface area (Å²) in [6.07, 6.45) is 0. The Hall–Kier alpha value is -4.27. The highest BCUT2D eigenvalue weighted by Gasteiger charge is 2.19. The summed E-state index contributed by atoms with van der Waals surface area (Å²) in [5.41, 5.74) is 8.79. The standard InChI is InChI=1S/C34H21NS/c1-3-15-30-26(12-1)27-13-2-4-16-31(27)35(30)25-11-5-10-23(20-25)24-18-19-32-29(21-24)28-14-6-8-22-9-7-17-33(36-32)34(22)28/h1-21H. The molecular formula is C34H21NS. The van der Waals surface area contributed by atoms with E-state index < -0.39 is 0 Å². The molecular weight excluding hydrogens is 454 g/mol. The lowest BCUT2D eigenvalue weighted by Gasteiger charge is -2.21. The van der Waals surface area contributed by atoms with Gasteiger partial charge in [0.05, 0.1) is 11.0 Å². The number of nitrogens with zero attached hydrogens (tertiary/aromatic N) is 1. The van der Waals surface area contributed by atoms with Crippen LogP contribution in [0.2, 0.25) is 0 Å². The molecule has 7 aromatic rings. The summed E-state index contributed by atoms with van der Waals surface area (Å²) in [5.74, 6) is 0. The second kappa shape index (κ2) is 7.61. The highest BCUT2D eigenvalue weighted by atomic mass is 32.2. The predicted molar refractivity (Wildman–Crippen MR) is 153 cm³/mol. The number of aromatic nitrogens is 1. The molecule has 0 unspecified atom stereocenters. The largest absolute Gasteiger partial charge is 0.309 e. The first-order chi connectivity index (χ1) is 17.8. The van der Waals surface area contributed by atoms with Gasteiger partial charge in [-0.2, -0.15) is 0 Å². The molecule has 0 bridgehead atoms. The molecule has 0 N–H and O–H groups in total. The minimum absolute atomic E-state index is 1.18. The van der Waals surface area contributed by atoms with E-state index in [0.29, 0.717) is 0 Å². The average Bonchev–Trinajstić information content (AvgIpc) is 3.28. The Morgan fingerprint density at radius 1 is 0.472 bits per heavy atom. The number of hydrogen-bond acceptors (Lipinski definition) is 1. The number of rotatable bonds is 2. The van der Waals surface area contributed by atoms with Crippen molar-refractivity contribution in [3.05, 3.63) is 127 Å². The van der Waals surface area contributed by atoms with Crippen molar-refractivity contribution < 1.29 is 0 Å². The minimum Gasteiger partial charge on any atom is -0.309 e. The average molecular weight is 476 g/mol. The third-order valence-electron chi connectivity index (χ3n) is 7.37. The van der Waals surface area contributed by atoms with Crippen molar-refractivity contribution in [2.45, 2.75) is 9.79 Å². The van der Waals surface area contributed by atoms with Gasteiger partial charge >= 0.3 is 0 Å². The molecule has 0 aliphatic carbocycles. The van der Waals surface area contributed by atoms with Crippen LogP contribution in [0.4, 0.5) is 0 Å². The van der Waals surface area contributed by atoms with E-state index in [1.807, 2.05) is 11.8 Å². The summed E-state index contributed by atoms with van der Waals surface area (Å²) in [6, 6.07) is 46.5. The van der Waals surface area contributed by atoms with E-state index in [0.717, 1.165) is 0 Å². The molecule has 1 aliphatic heterocycles. The van der Waals surface area contributed by atoms with Crippen molar-refractivity contribution in [1.29, 1.82) is 0 Å². The lowest BCUT2D eigenvalue weighted by molar-refractivity contribution is 1.18. The van der Waals surface area contributed by atoms with Crippen molar-refractivity contribution in [2.75, 3.05) is 0 Å². The van der Waals surface area contributed by atoms with Crippen LogP contribution >= 0.6 is 11.8 Å². The van der Waals surface area contributed by atoms with Gasteiger partial charge in [0, 0.05) is 31.6 Å². The van der Waals surface area contributed by atoms with Crippen LogP contribution in [0.15, 0.2) is 137 Å². The smallest absolute Gasteiger partial charge is 0.0541 e. The van der Waals surface area contributed by atoms with Crippen molar-refractivity contribution >= 4 is 44.3 Å². The summed E-state index contributed by atoms with van der Waals surface area (Å²) < 4.78 is 2.39. The first-order valence-corrected chi connectivity index (χ1v) is 13.1. The molecule has 36 heavy (non-hydrogen) atoms. The van der Waals surface area contributed by atoms with Gasteiger partial charge in [-0.3, -0.25) is 0 Å². The Labute approximate surface area is 213 Å². The summed E-state index contributed by atoms with van der Waals surface area (Å²) in [5, 5.41) is 5.25. The second-order valence-electron chi connectivity index (χ2n) is 9.39. The van der Waals surface area contributed by atoms with E-state index in [9.17, 15) is 0 Å². The minimum atomic E-state index is 1.18. The van der Waals surface area contributed by atoms with E-state index in [1.54, 1.807) is 0 Å². The third-order valence-corrected chi connectivity index (χ3v) is 8.51. The maximum atomic E-state index is 2.39. The van der Waals surface area contributed by atoms with Gasteiger partial charge in [-0.1, -0.05) is 96.7 Å². The summed E-state index contributed by atoms with van der Waals surface area (Å²) in [7, 11) is 0. The van der Waals surface area contributed by atoms with E-state index in [2.05, 4.69) is 132 Å². The number of benzene rings is 6. The second-order valence-corrected chi connectivity index (χ2v) is 10.5. The number of fused-ring (bicyclic) bond motifs is 5. The van der Waals surface area contributed by atoms with Crippen molar-refractivity contribution in [3.8, 4) is 27.9 Å². The van der Waals surface area contributed by atoms with Gasteiger partial charge in [-0.15, -0.1) is 0 Å². The van der Waals surface area contributed by atoms with E-state index in [1.165, 1.54) is 70.3 Å². The van der Waals surface area contributed by atoms with Crippen molar-refractivity contribution in [1.82, 2.24) is 4.57 Å². The Bertz CT molecular complexity index is 1920. The highest BCUT2D eigenvalue weighted by molar-refractivity contribution is 7.99. The molecule has 0 saturated heterocycles. The quantitative estimate of drug-likeness (QED) is 0.241. The molecule has 0 spiro atoms. The molecule has 1 aliphatic rings. The van der Waals surface area contributed by atoms with Crippen LogP contribution in [0.1, 0.15) is 0 Å². The Balaban J connectivity index is 1.32. The molecule has 1 nitrogen and oxygen atoms in total. The highest BCUT2D eigenvalue weighted by Crippen LogP contribution is 2.48. The fraction of sp³-hybridized carbons (Fsp3) is 0. The number of hydrogen-bond donors (Lipinski definition) is 0. The number of para-hydroxylation sites is 2. The fourth-order valence-corrected chi connectivity index (χ4v) is 6.90. The first kappa shape index (κ1) is 20.0. The van der Waals surface area contributed by atoms with Gasteiger partial charge in [0.1, 0.15) is 0 Å². The molecule has 0 amide bonds. The molecule has 8 rings (SSSR count). The van der Waals surface area contributed by atoms with Gasteiger partial charge in [-0.25, -0.2) is 0 Å². The zero-order valence-electron chi connectivity index (χ0n) is 19.5. The van der Waals surface area contributed by atoms with Gasteiger partial charge < -0.3 is 4.57 Å². The van der Waals surface area contributed by atoms with Gasteiger partial charge in [0.2, 0.25) is 0 Å². The molecule has 0 saturated carbocycles. The molecule has 1 aromatic heterocycles. The van der Waals surface area contributed by atoms with E-state index in [-0.39, 0.29) is 0 Å². The lowest BCUT2D eigenvalue weighted by atomic mass is 9.94.